The number of anilines is 1. The van der Waals surface area contributed by atoms with Crippen LogP contribution in [0, 0.1) is 0 Å². The number of aromatic nitrogens is 4. The second-order valence-electron chi connectivity index (χ2n) is 9.29. The lowest BCUT2D eigenvalue weighted by Gasteiger charge is -2.31. The molecule has 0 saturated heterocycles. The minimum atomic E-state index is -1.04. The van der Waals surface area contributed by atoms with Gasteiger partial charge in [0, 0.05) is 24.3 Å². The third-order valence-corrected chi connectivity index (χ3v) is 6.37. The Bertz CT molecular complexity index is 1460. The second-order valence-corrected chi connectivity index (χ2v) is 9.29. The van der Waals surface area contributed by atoms with Crippen molar-refractivity contribution in [2.75, 3.05) is 18.0 Å². The van der Waals surface area contributed by atoms with Crippen molar-refractivity contribution >= 4 is 23.6 Å². The molecule has 40 heavy (non-hydrogen) atoms. The lowest BCUT2D eigenvalue weighted by Crippen LogP contribution is -2.47. The van der Waals surface area contributed by atoms with E-state index in [2.05, 4.69) is 20.6 Å². The van der Waals surface area contributed by atoms with Gasteiger partial charge in [-0.2, -0.15) is 5.21 Å². The number of nitrogens with zero attached hydrogens (tertiary/aromatic N) is 5. The average Bonchev–Trinajstić information content (AvgIpc) is 3.49. The largest absolute Gasteiger partial charge is 0.481 e. The highest BCUT2D eigenvalue weighted by molar-refractivity contribution is 5.98. The van der Waals surface area contributed by atoms with Crippen molar-refractivity contribution in [3.8, 4) is 22.5 Å². The molecule has 0 atom stereocenters. The molecule has 3 aromatic carbocycles. The lowest BCUT2D eigenvalue weighted by atomic mass is 9.98. The summed E-state index contributed by atoms with van der Waals surface area (Å²) in [5.74, 6) is -1.24. The number of carbonyl (C=O) groups excluding carboxylic acids is 2. The molecule has 0 spiro atoms. The number of carbonyl (C=O) groups is 3. The first-order valence-corrected chi connectivity index (χ1v) is 12.9. The molecule has 1 heterocycles. The number of para-hydroxylation sites is 1. The van der Waals surface area contributed by atoms with Crippen molar-refractivity contribution in [2.45, 2.75) is 32.7 Å². The van der Waals surface area contributed by atoms with Gasteiger partial charge in [-0.15, -0.1) is 10.2 Å². The van der Waals surface area contributed by atoms with E-state index in [4.69, 9.17) is 5.73 Å². The van der Waals surface area contributed by atoms with Crippen LogP contribution in [0.5, 0.6) is 0 Å². The number of benzene rings is 3. The Balaban J connectivity index is 1.61. The van der Waals surface area contributed by atoms with Gasteiger partial charge in [0.05, 0.1) is 6.42 Å². The summed E-state index contributed by atoms with van der Waals surface area (Å²) in [6, 6.07) is 21.8. The summed E-state index contributed by atoms with van der Waals surface area (Å²) in [5.41, 5.74) is 9.91. The van der Waals surface area contributed by atoms with Gasteiger partial charge in [-0.3, -0.25) is 14.5 Å². The summed E-state index contributed by atoms with van der Waals surface area (Å²) in [4.78, 5) is 40.2. The van der Waals surface area contributed by atoms with E-state index in [0.717, 1.165) is 35.1 Å². The molecule has 4 N–H and O–H groups in total. The van der Waals surface area contributed by atoms with Gasteiger partial charge in [0.25, 0.3) is 0 Å². The number of nitrogens with one attached hydrogen (secondary N) is 1. The van der Waals surface area contributed by atoms with Gasteiger partial charge in [0.1, 0.15) is 6.54 Å². The molecule has 0 aliphatic rings. The van der Waals surface area contributed by atoms with E-state index in [1.807, 2.05) is 55.5 Å². The highest BCUT2D eigenvalue weighted by Crippen LogP contribution is 2.30. The highest BCUT2D eigenvalue weighted by atomic mass is 16.4. The van der Waals surface area contributed by atoms with E-state index in [1.165, 1.54) is 4.90 Å². The molecular formula is C29H31N7O4. The van der Waals surface area contributed by atoms with Crippen molar-refractivity contribution in [2.24, 2.45) is 5.73 Å². The van der Waals surface area contributed by atoms with Gasteiger partial charge >= 0.3 is 12.0 Å². The Labute approximate surface area is 231 Å². The molecule has 4 rings (SSSR count). The zero-order chi connectivity index (χ0) is 28.5. The van der Waals surface area contributed by atoms with E-state index in [-0.39, 0.29) is 13.0 Å². The first-order chi connectivity index (χ1) is 19.4. The Morgan fingerprint density at radius 2 is 1.65 bits per heavy atom. The number of carboxylic acid groups (broad SMARTS) is 1. The highest BCUT2D eigenvalue weighted by Gasteiger charge is 2.26. The zero-order valence-electron chi connectivity index (χ0n) is 22.2. The van der Waals surface area contributed by atoms with Crippen molar-refractivity contribution in [3.05, 3.63) is 83.9 Å². The molecule has 0 aliphatic carbocycles. The van der Waals surface area contributed by atoms with Gasteiger partial charge in [-0.25, -0.2) is 4.79 Å². The van der Waals surface area contributed by atoms with Gasteiger partial charge < -0.3 is 15.7 Å². The van der Waals surface area contributed by atoms with Crippen LogP contribution in [0.4, 0.5) is 10.5 Å². The summed E-state index contributed by atoms with van der Waals surface area (Å²) in [7, 11) is 0. The number of aliphatic carboxylic acids is 1. The Kier molecular flexibility index (Phi) is 9.19. The fourth-order valence-electron chi connectivity index (χ4n) is 4.48. The predicted octanol–water partition coefficient (Wildman–Crippen LogP) is 3.87. The smallest absolute Gasteiger partial charge is 0.325 e. The second kappa shape index (κ2) is 13.1. The number of urea groups is 1. The number of aromatic amines is 1. The molecule has 0 unspecified atom stereocenters. The standard InChI is InChI=1S/C29H31N7O4/c1-2-3-16-35(29(40)36(19-26(30)37)25-11-7-4-8-22(25)17-27(38)39)18-20-12-14-21(15-13-20)23-9-5-6-10-24(23)28-31-33-34-32-28/h4-15H,2-3,16-19H2,1H3,(H2,30,37)(H,38,39)(H,31,32,33,34). The van der Waals surface area contributed by atoms with Crippen molar-refractivity contribution in [1.29, 1.82) is 0 Å². The number of hydrogen-bond acceptors (Lipinski definition) is 6. The van der Waals surface area contributed by atoms with Gasteiger partial charge in [0.15, 0.2) is 0 Å². The van der Waals surface area contributed by atoms with Crippen molar-refractivity contribution < 1.29 is 19.5 Å². The first kappa shape index (κ1) is 28.0. The molecular weight excluding hydrogens is 510 g/mol. The fourth-order valence-corrected chi connectivity index (χ4v) is 4.48. The predicted molar refractivity (Wildman–Crippen MR) is 150 cm³/mol. The Morgan fingerprint density at radius 3 is 2.30 bits per heavy atom. The third kappa shape index (κ3) is 6.87. The van der Waals surface area contributed by atoms with Crippen LogP contribution in [-0.4, -0.2) is 61.6 Å². The van der Waals surface area contributed by atoms with E-state index < -0.39 is 17.9 Å². The number of hydrogen-bond donors (Lipinski definition) is 3. The third-order valence-electron chi connectivity index (χ3n) is 6.37. The number of tetrazole rings is 1. The molecule has 11 nitrogen and oxygen atoms in total. The van der Waals surface area contributed by atoms with Gasteiger partial charge in [-0.1, -0.05) is 80.1 Å². The summed E-state index contributed by atoms with van der Waals surface area (Å²) in [6.45, 7) is 2.40. The topological polar surface area (TPSA) is 158 Å². The van der Waals surface area contributed by atoms with E-state index in [9.17, 15) is 19.5 Å². The normalized spacial score (nSPS) is 10.7. The quantitative estimate of drug-likeness (QED) is 0.245. The maximum absolute atomic E-state index is 13.9. The molecule has 206 valence electrons. The van der Waals surface area contributed by atoms with Crippen LogP contribution in [0.15, 0.2) is 72.8 Å². The number of nitrogens with two attached hydrogens (primary N) is 1. The van der Waals surface area contributed by atoms with Crippen molar-refractivity contribution in [1.82, 2.24) is 25.5 Å². The minimum absolute atomic E-state index is 0.291. The van der Waals surface area contributed by atoms with Crippen LogP contribution >= 0.6 is 0 Å². The molecule has 3 amide bonds. The average molecular weight is 542 g/mol. The van der Waals surface area contributed by atoms with E-state index in [1.54, 1.807) is 29.2 Å². The summed E-state index contributed by atoms with van der Waals surface area (Å²) >= 11 is 0. The Hall–Kier alpha value is -5.06. The van der Waals surface area contributed by atoms with Crippen LogP contribution in [-0.2, 0) is 22.6 Å². The van der Waals surface area contributed by atoms with Gasteiger partial charge in [0.2, 0.25) is 11.7 Å². The van der Waals surface area contributed by atoms with Crippen LogP contribution < -0.4 is 10.6 Å². The van der Waals surface area contributed by atoms with Crippen molar-refractivity contribution in [3.63, 3.8) is 0 Å². The zero-order valence-corrected chi connectivity index (χ0v) is 22.2. The number of carboxylic acids is 1. The molecule has 1 aromatic heterocycles. The lowest BCUT2D eigenvalue weighted by molar-refractivity contribution is -0.136. The van der Waals surface area contributed by atoms with Crippen LogP contribution in [0.2, 0.25) is 0 Å². The maximum atomic E-state index is 13.9. The van der Waals surface area contributed by atoms with Crippen LogP contribution in [0.1, 0.15) is 30.9 Å². The number of amides is 3. The first-order valence-electron chi connectivity index (χ1n) is 12.9. The molecule has 0 saturated carbocycles. The monoisotopic (exact) mass is 541 g/mol. The number of H-pyrrole nitrogens is 1. The SMILES string of the molecule is CCCCN(Cc1ccc(-c2ccccc2-c2nn[nH]n2)cc1)C(=O)N(CC(N)=O)c1ccccc1CC(=O)O. The molecule has 0 fully saturated rings. The number of unbranched alkanes of at least 4 members (excludes halogenated alkanes) is 1. The number of primary amides is 1. The number of rotatable bonds is 12. The molecule has 0 radical (unpaired) electrons. The summed E-state index contributed by atoms with van der Waals surface area (Å²) in [6.07, 6.45) is 1.32. The molecule has 0 aliphatic heterocycles. The summed E-state index contributed by atoms with van der Waals surface area (Å²) in [5, 5.41) is 23.7. The van der Waals surface area contributed by atoms with Crippen LogP contribution in [0.25, 0.3) is 22.5 Å². The molecule has 11 heteroatoms. The van der Waals surface area contributed by atoms with Crippen LogP contribution in [0.3, 0.4) is 0 Å². The summed E-state index contributed by atoms with van der Waals surface area (Å²) < 4.78 is 0. The van der Waals surface area contributed by atoms with E-state index >= 15 is 0 Å². The maximum Gasteiger partial charge on any atom is 0.325 e. The Morgan fingerprint density at radius 1 is 0.950 bits per heavy atom. The fraction of sp³-hybridized carbons (Fsp3) is 0.241. The van der Waals surface area contributed by atoms with Gasteiger partial charge in [-0.05, 0) is 40.0 Å². The van der Waals surface area contributed by atoms with E-state index in [0.29, 0.717) is 30.2 Å². The minimum Gasteiger partial charge on any atom is -0.481 e. The molecule has 4 aromatic rings. The molecule has 0 bridgehead atoms.